The molecule has 94 valence electrons. The molecule has 0 aromatic carbocycles. The van der Waals surface area contributed by atoms with Crippen molar-refractivity contribution in [3.8, 4) is 0 Å². The Morgan fingerprint density at radius 1 is 1.44 bits per heavy atom. The second-order valence-corrected chi connectivity index (χ2v) is 6.33. The third kappa shape index (κ3) is 7.43. The number of carbonyl (C=O) groups excluding carboxylic acids is 1. The van der Waals surface area contributed by atoms with Gasteiger partial charge >= 0.3 is 5.97 Å². The lowest BCUT2D eigenvalue weighted by Gasteiger charge is -2.13. The Kier molecular flexibility index (Phi) is 6.29. The van der Waals surface area contributed by atoms with Gasteiger partial charge in [-0.15, -0.1) is 0 Å². The van der Waals surface area contributed by atoms with Gasteiger partial charge in [-0.3, -0.25) is 14.2 Å². The standard InChI is InChI=1S/C9H18NO5P/c1-7(9(12)13)6-16(14,15)5-3-4-10-8(2)11/h7H,3-6H2,1-2H3,(H,10,11)(H,12,13)(H,14,15). The van der Waals surface area contributed by atoms with Crippen molar-refractivity contribution >= 4 is 19.2 Å². The van der Waals surface area contributed by atoms with Crippen LogP contribution in [0.2, 0.25) is 0 Å². The first-order chi connectivity index (χ1) is 7.24. The van der Waals surface area contributed by atoms with Crippen LogP contribution in [0.1, 0.15) is 20.3 Å². The van der Waals surface area contributed by atoms with E-state index in [-0.39, 0.29) is 18.2 Å². The summed E-state index contributed by atoms with van der Waals surface area (Å²) in [7, 11) is -3.39. The molecule has 3 N–H and O–H groups in total. The highest BCUT2D eigenvalue weighted by molar-refractivity contribution is 7.58. The van der Waals surface area contributed by atoms with Crippen LogP contribution < -0.4 is 5.32 Å². The van der Waals surface area contributed by atoms with E-state index >= 15 is 0 Å². The highest BCUT2D eigenvalue weighted by Gasteiger charge is 2.24. The van der Waals surface area contributed by atoms with E-state index in [0.717, 1.165) is 0 Å². The number of carbonyl (C=O) groups is 2. The molecular formula is C9H18NO5P. The molecule has 0 aliphatic rings. The fourth-order valence-corrected chi connectivity index (χ4v) is 3.03. The minimum Gasteiger partial charge on any atom is -0.481 e. The summed E-state index contributed by atoms with van der Waals surface area (Å²) in [5, 5.41) is 11.1. The van der Waals surface area contributed by atoms with Gasteiger partial charge in [-0.05, 0) is 6.42 Å². The molecule has 16 heavy (non-hydrogen) atoms. The molecule has 0 saturated carbocycles. The smallest absolute Gasteiger partial charge is 0.306 e. The van der Waals surface area contributed by atoms with Gasteiger partial charge in [0, 0.05) is 25.8 Å². The van der Waals surface area contributed by atoms with Gasteiger partial charge in [0.1, 0.15) is 0 Å². The van der Waals surface area contributed by atoms with Crippen molar-refractivity contribution in [2.24, 2.45) is 5.92 Å². The van der Waals surface area contributed by atoms with E-state index in [0.29, 0.717) is 13.0 Å². The molecule has 0 fully saturated rings. The van der Waals surface area contributed by atoms with Gasteiger partial charge in [0.2, 0.25) is 13.3 Å². The van der Waals surface area contributed by atoms with E-state index in [1.54, 1.807) is 0 Å². The summed E-state index contributed by atoms with van der Waals surface area (Å²) in [5.41, 5.74) is 0. The Hall–Kier alpha value is -0.870. The van der Waals surface area contributed by atoms with Gasteiger partial charge in [-0.25, -0.2) is 0 Å². The van der Waals surface area contributed by atoms with Gasteiger partial charge in [0.25, 0.3) is 0 Å². The van der Waals surface area contributed by atoms with Crippen LogP contribution in [0.3, 0.4) is 0 Å². The fourth-order valence-electron chi connectivity index (χ4n) is 1.19. The van der Waals surface area contributed by atoms with E-state index < -0.39 is 19.3 Å². The lowest BCUT2D eigenvalue weighted by molar-refractivity contribution is -0.140. The maximum absolute atomic E-state index is 11.6. The number of rotatable bonds is 7. The molecule has 0 spiro atoms. The van der Waals surface area contributed by atoms with Crippen LogP contribution >= 0.6 is 7.37 Å². The molecule has 0 aliphatic carbocycles. The zero-order chi connectivity index (χ0) is 12.8. The normalized spacial score (nSPS) is 16.2. The van der Waals surface area contributed by atoms with Gasteiger partial charge in [-0.2, -0.15) is 0 Å². The summed E-state index contributed by atoms with van der Waals surface area (Å²) in [6, 6.07) is 0. The molecule has 2 unspecified atom stereocenters. The van der Waals surface area contributed by atoms with Gasteiger partial charge in [0.05, 0.1) is 5.92 Å². The van der Waals surface area contributed by atoms with Crippen molar-refractivity contribution in [2.75, 3.05) is 18.9 Å². The summed E-state index contributed by atoms with van der Waals surface area (Å²) >= 11 is 0. The summed E-state index contributed by atoms with van der Waals surface area (Å²) in [4.78, 5) is 30.5. The van der Waals surface area contributed by atoms with Crippen molar-refractivity contribution < 1.29 is 24.2 Å². The maximum Gasteiger partial charge on any atom is 0.306 e. The SMILES string of the molecule is CC(=O)NCCCP(=O)(O)CC(C)C(=O)O. The van der Waals surface area contributed by atoms with Crippen molar-refractivity contribution in [2.45, 2.75) is 20.3 Å². The second-order valence-electron chi connectivity index (χ2n) is 3.83. The molecule has 1 amide bonds. The molecule has 7 heteroatoms. The highest BCUT2D eigenvalue weighted by atomic mass is 31.2. The number of carboxylic acid groups (broad SMARTS) is 1. The molecule has 0 rings (SSSR count). The lowest BCUT2D eigenvalue weighted by atomic mass is 10.2. The van der Waals surface area contributed by atoms with Crippen LogP contribution in [0.5, 0.6) is 0 Å². The third-order valence-corrected chi connectivity index (χ3v) is 4.17. The van der Waals surface area contributed by atoms with Gasteiger partial charge < -0.3 is 15.3 Å². The van der Waals surface area contributed by atoms with Crippen LogP contribution in [-0.2, 0) is 14.2 Å². The van der Waals surface area contributed by atoms with E-state index in [4.69, 9.17) is 5.11 Å². The molecule has 0 radical (unpaired) electrons. The molecule has 0 heterocycles. The van der Waals surface area contributed by atoms with Crippen LogP contribution in [0, 0.1) is 5.92 Å². The Morgan fingerprint density at radius 3 is 2.44 bits per heavy atom. The monoisotopic (exact) mass is 251 g/mol. The summed E-state index contributed by atoms with van der Waals surface area (Å²) in [6.45, 7) is 3.10. The number of nitrogens with one attached hydrogen (secondary N) is 1. The first-order valence-corrected chi connectivity index (χ1v) is 7.05. The number of hydrogen-bond acceptors (Lipinski definition) is 3. The van der Waals surface area contributed by atoms with Crippen molar-refractivity contribution in [1.82, 2.24) is 5.32 Å². The minimum absolute atomic E-state index is 0.0326. The maximum atomic E-state index is 11.6. The fraction of sp³-hybridized carbons (Fsp3) is 0.778. The molecule has 6 nitrogen and oxygen atoms in total. The Bertz CT molecular complexity index is 304. The van der Waals surface area contributed by atoms with Crippen LogP contribution in [0.15, 0.2) is 0 Å². The minimum atomic E-state index is -3.39. The summed E-state index contributed by atoms with van der Waals surface area (Å²) in [5.74, 6) is -2.08. The van der Waals surface area contributed by atoms with Crippen molar-refractivity contribution in [3.63, 3.8) is 0 Å². The molecule has 0 aromatic rings. The topological polar surface area (TPSA) is 104 Å². The van der Waals surface area contributed by atoms with Crippen molar-refractivity contribution in [3.05, 3.63) is 0 Å². The van der Waals surface area contributed by atoms with E-state index in [2.05, 4.69) is 5.32 Å². The summed E-state index contributed by atoms with van der Waals surface area (Å²) in [6.07, 6.45) is 0.188. The van der Waals surface area contributed by atoms with Crippen molar-refractivity contribution in [1.29, 1.82) is 0 Å². The van der Waals surface area contributed by atoms with Crippen LogP contribution in [0.25, 0.3) is 0 Å². The largest absolute Gasteiger partial charge is 0.481 e. The number of carboxylic acids is 1. The zero-order valence-corrected chi connectivity index (χ0v) is 10.4. The number of hydrogen-bond donors (Lipinski definition) is 3. The zero-order valence-electron chi connectivity index (χ0n) is 9.47. The molecule has 0 bridgehead atoms. The first-order valence-electron chi connectivity index (χ1n) is 5.02. The number of aliphatic carboxylic acids is 1. The predicted molar refractivity (Wildman–Crippen MR) is 59.7 cm³/mol. The van der Waals surface area contributed by atoms with Gasteiger partial charge in [-0.1, -0.05) is 6.92 Å². The Morgan fingerprint density at radius 2 is 2.00 bits per heavy atom. The van der Waals surface area contributed by atoms with E-state index in [9.17, 15) is 19.0 Å². The molecule has 0 aromatic heterocycles. The summed E-state index contributed by atoms with van der Waals surface area (Å²) < 4.78 is 11.6. The third-order valence-electron chi connectivity index (χ3n) is 2.04. The Balaban J connectivity index is 3.91. The van der Waals surface area contributed by atoms with Gasteiger partial charge in [0.15, 0.2) is 0 Å². The molecular weight excluding hydrogens is 233 g/mol. The van der Waals surface area contributed by atoms with E-state index in [1.807, 2.05) is 0 Å². The predicted octanol–water partition coefficient (Wildman–Crippen LogP) is 0.504. The molecule has 0 saturated heterocycles. The van der Waals surface area contributed by atoms with E-state index in [1.165, 1.54) is 13.8 Å². The van der Waals surface area contributed by atoms with Crippen LogP contribution in [0.4, 0.5) is 0 Å². The number of amides is 1. The van der Waals surface area contributed by atoms with Crippen LogP contribution in [-0.4, -0.2) is 40.7 Å². The second kappa shape index (κ2) is 6.66. The highest BCUT2D eigenvalue weighted by Crippen LogP contribution is 2.42. The molecule has 2 atom stereocenters. The quantitative estimate of drug-likeness (QED) is 0.451. The Labute approximate surface area is 94.5 Å². The molecule has 0 aliphatic heterocycles. The average Bonchev–Trinajstić information content (AvgIpc) is 2.11. The average molecular weight is 251 g/mol. The lowest BCUT2D eigenvalue weighted by Crippen LogP contribution is -2.22. The first kappa shape index (κ1) is 15.1.